The Labute approximate surface area is 307 Å². The van der Waals surface area contributed by atoms with E-state index in [2.05, 4.69) is 20.5 Å². The van der Waals surface area contributed by atoms with Crippen molar-refractivity contribution in [1.29, 1.82) is 0 Å². The standard InChI is InChI=1S/C38H59N5O7S/c1-10-24(4)33(41-35(46)30-13-11-12-18-42(30)6)37(47)43(7)31(23(2)3)21-32(44)36-40-29(22-51-36)34(45)39-27(19-25(5)38(48)50-9)20-26-14-16-28(49-8)17-15-26/h14-17,22-25,27,30-33,44H,10-13,18-21H2,1-9H3,(H,39,45)(H,41,46)/t24?,25-,27+,30+,31?,32+,33-/m0/s1. The predicted octanol–water partition coefficient (Wildman–Crippen LogP) is 4.61. The van der Waals surface area contributed by atoms with E-state index in [1.807, 2.05) is 59.0 Å². The molecule has 0 radical (unpaired) electrons. The Morgan fingerprint density at radius 2 is 1.75 bits per heavy atom. The van der Waals surface area contributed by atoms with Crippen LogP contribution < -0.4 is 15.4 Å². The fraction of sp³-hybridized carbons (Fsp3) is 0.658. The number of ether oxygens (including phenoxy) is 2. The molecule has 13 heteroatoms. The van der Waals surface area contributed by atoms with E-state index in [1.165, 1.54) is 18.4 Å². The molecule has 0 spiro atoms. The van der Waals surface area contributed by atoms with Crippen molar-refractivity contribution in [2.45, 2.75) is 110 Å². The molecule has 0 saturated carbocycles. The zero-order chi connectivity index (χ0) is 37.8. The largest absolute Gasteiger partial charge is 0.497 e. The summed E-state index contributed by atoms with van der Waals surface area (Å²) in [4.78, 5) is 61.2. The van der Waals surface area contributed by atoms with Gasteiger partial charge in [-0.2, -0.15) is 0 Å². The van der Waals surface area contributed by atoms with Crippen molar-refractivity contribution >= 4 is 35.0 Å². The van der Waals surface area contributed by atoms with Crippen LogP contribution in [0.3, 0.4) is 0 Å². The number of amides is 3. The molecule has 1 saturated heterocycles. The Kier molecular flexibility index (Phi) is 16.3. The van der Waals surface area contributed by atoms with Gasteiger partial charge in [0, 0.05) is 30.9 Å². The average Bonchev–Trinajstić information content (AvgIpc) is 3.62. The van der Waals surface area contributed by atoms with Gasteiger partial charge >= 0.3 is 5.97 Å². The number of nitrogens with one attached hydrogen (secondary N) is 2. The first kappa shape index (κ1) is 41.9. The van der Waals surface area contributed by atoms with Crippen LogP contribution in [0, 0.1) is 17.8 Å². The lowest BCUT2D eigenvalue weighted by Gasteiger charge is -2.38. The third-order valence-electron chi connectivity index (χ3n) is 10.2. The van der Waals surface area contributed by atoms with E-state index in [-0.39, 0.29) is 53.8 Å². The number of aliphatic hydroxyl groups is 1. The highest BCUT2D eigenvalue weighted by Crippen LogP contribution is 2.28. The van der Waals surface area contributed by atoms with Crippen molar-refractivity contribution in [1.82, 2.24) is 25.4 Å². The number of carbonyl (C=O) groups excluding carboxylic acids is 4. The summed E-state index contributed by atoms with van der Waals surface area (Å²) in [6.45, 7) is 10.6. The molecule has 2 heterocycles. The third-order valence-corrected chi connectivity index (χ3v) is 11.1. The van der Waals surface area contributed by atoms with Gasteiger partial charge < -0.3 is 30.1 Å². The number of aliphatic hydroxyl groups excluding tert-OH is 1. The van der Waals surface area contributed by atoms with E-state index < -0.39 is 30.0 Å². The first-order chi connectivity index (χ1) is 24.2. The number of esters is 1. The van der Waals surface area contributed by atoms with E-state index in [9.17, 15) is 24.3 Å². The van der Waals surface area contributed by atoms with Crippen molar-refractivity contribution in [3.8, 4) is 5.75 Å². The quantitative estimate of drug-likeness (QED) is 0.187. The molecule has 3 amide bonds. The fourth-order valence-corrected chi connectivity index (χ4v) is 7.49. The number of hydrogen-bond donors (Lipinski definition) is 3. The number of nitrogens with zero attached hydrogens (tertiary/aromatic N) is 3. The van der Waals surface area contributed by atoms with Gasteiger partial charge in [0.2, 0.25) is 11.8 Å². The second-order valence-corrected chi connectivity index (χ2v) is 15.2. The van der Waals surface area contributed by atoms with Crippen LogP contribution >= 0.6 is 11.3 Å². The summed E-state index contributed by atoms with van der Waals surface area (Å²) in [6, 6.07) is 5.83. The van der Waals surface area contributed by atoms with Crippen LogP contribution in [0.4, 0.5) is 0 Å². The molecular weight excluding hydrogens is 671 g/mol. The molecule has 284 valence electrons. The first-order valence-electron chi connectivity index (χ1n) is 18.1. The lowest BCUT2D eigenvalue weighted by Crippen LogP contribution is -2.58. The topological polar surface area (TPSA) is 150 Å². The lowest BCUT2D eigenvalue weighted by molar-refractivity contribution is -0.145. The number of thiazole rings is 1. The Hall–Kier alpha value is -3.55. The molecule has 2 unspecified atom stereocenters. The minimum atomic E-state index is -1.03. The summed E-state index contributed by atoms with van der Waals surface area (Å²) >= 11 is 1.18. The predicted molar refractivity (Wildman–Crippen MR) is 198 cm³/mol. The van der Waals surface area contributed by atoms with E-state index in [4.69, 9.17) is 9.47 Å². The average molecular weight is 730 g/mol. The van der Waals surface area contributed by atoms with Crippen LogP contribution in [0.2, 0.25) is 0 Å². The zero-order valence-corrected chi connectivity index (χ0v) is 32.6. The molecule has 12 nitrogen and oxygen atoms in total. The minimum absolute atomic E-state index is 0.00962. The van der Waals surface area contributed by atoms with Gasteiger partial charge in [-0.1, -0.05) is 59.6 Å². The van der Waals surface area contributed by atoms with Gasteiger partial charge in [-0.15, -0.1) is 11.3 Å². The Bertz CT molecular complexity index is 1430. The van der Waals surface area contributed by atoms with Gasteiger partial charge in [-0.25, -0.2) is 4.98 Å². The van der Waals surface area contributed by atoms with Crippen molar-refractivity contribution in [3.05, 3.63) is 45.9 Å². The molecule has 0 aliphatic carbocycles. The van der Waals surface area contributed by atoms with Crippen LogP contribution in [0.15, 0.2) is 29.6 Å². The molecule has 1 aromatic heterocycles. The molecule has 2 aromatic rings. The van der Waals surface area contributed by atoms with Crippen LogP contribution in [0.1, 0.15) is 100 Å². The Balaban J connectivity index is 1.72. The highest BCUT2D eigenvalue weighted by Gasteiger charge is 2.36. The molecule has 51 heavy (non-hydrogen) atoms. The lowest BCUT2D eigenvalue weighted by atomic mass is 9.92. The summed E-state index contributed by atoms with van der Waals surface area (Å²) in [7, 11) is 6.62. The van der Waals surface area contributed by atoms with Crippen molar-refractivity contribution in [3.63, 3.8) is 0 Å². The molecule has 1 aliphatic rings. The van der Waals surface area contributed by atoms with Gasteiger partial charge in [0.1, 0.15) is 28.6 Å². The van der Waals surface area contributed by atoms with Crippen LogP contribution in [0.5, 0.6) is 5.75 Å². The number of likely N-dealkylation sites (N-methyl/N-ethyl adjacent to an activating group) is 2. The van der Waals surface area contributed by atoms with Crippen molar-refractivity contribution in [2.24, 2.45) is 17.8 Å². The van der Waals surface area contributed by atoms with E-state index in [0.717, 1.165) is 37.1 Å². The van der Waals surface area contributed by atoms with Gasteiger partial charge in [0.25, 0.3) is 5.91 Å². The van der Waals surface area contributed by atoms with Gasteiger partial charge in [0.05, 0.1) is 26.2 Å². The third kappa shape index (κ3) is 11.7. The minimum Gasteiger partial charge on any atom is -0.497 e. The summed E-state index contributed by atoms with van der Waals surface area (Å²) in [5.74, 6) is -0.902. The molecular formula is C38H59N5O7S. The Morgan fingerprint density at radius 1 is 1.06 bits per heavy atom. The number of carbonyl (C=O) groups is 4. The molecule has 1 fully saturated rings. The summed E-state index contributed by atoms with van der Waals surface area (Å²) in [5, 5.41) is 19.5. The smallest absolute Gasteiger partial charge is 0.308 e. The normalized spacial score (nSPS) is 18.5. The summed E-state index contributed by atoms with van der Waals surface area (Å²) in [5.41, 5.74) is 1.12. The van der Waals surface area contributed by atoms with Crippen molar-refractivity contribution in [2.75, 3.05) is 34.9 Å². The number of aromatic nitrogens is 1. The maximum atomic E-state index is 14.0. The molecule has 1 aromatic carbocycles. The number of benzene rings is 1. The SMILES string of the molecule is CCC(C)[C@H](NC(=O)[C@H]1CCCCN1C)C(=O)N(C)C(C[C@@H](O)c1nc(C(=O)N[C@@H](Cc2ccc(OC)cc2)C[C@H](C)C(=O)OC)cs1)C(C)C. The van der Waals surface area contributed by atoms with E-state index in [1.54, 1.807) is 31.4 Å². The van der Waals surface area contributed by atoms with Crippen LogP contribution in [-0.2, 0) is 25.5 Å². The number of likely N-dealkylation sites (tertiary alicyclic amines) is 1. The number of rotatable bonds is 18. The molecule has 7 atom stereocenters. The van der Waals surface area contributed by atoms with Gasteiger partial charge in [-0.3, -0.25) is 24.1 Å². The van der Waals surface area contributed by atoms with Gasteiger partial charge in [-0.05, 0) is 68.8 Å². The van der Waals surface area contributed by atoms with Gasteiger partial charge in [0.15, 0.2) is 0 Å². The van der Waals surface area contributed by atoms with Crippen molar-refractivity contribution < 1.29 is 33.8 Å². The monoisotopic (exact) mass is 729 g/mol. The zero-order valence-electron chi connectivity index (χ0n) is 31.8. The molecule has 3 N–H and O–H groups in total. The van der Waals surface area contributed by atoms with E-state index >= 15 is 0 Å². The number of piperidine rings is 1. The first-order valence-corrected chi connectivity index (χ1v) is 19.0. The van der Waals surface area contributed by atoms with Crippen LogP contribution in [-0.4, -0.2) is 103 Å². The number of methoxy groups -OCH3 is 2. The molecule has 1 aliphatic heterocycles. The second kappa shape index (κ2) is 19.9. The maximum absolute atomic E-state index is 14.0. The fourth-order valence-electron chi connectivity index (χ4n) is 6.70. The summed E-state index contributed by atoms with van der Waals surface area (Å²) < 4.78 is 10.2. The second-order valence-electron chi connectivity index (χ2n) is 14.3. The number of hydrogen-bond acceptors (Lipinski definition) is 10. The van der Waals surface area contributed by atoms with E-state index in [0.29, 0.717) is 24.3 Å². The van der Waals surface area contributed by atoms with Crippen LogP contribution in [0.25, 0.3) is 0 Å². The Morgan fingerprint density at radius 3 is 2.33 bits per heavy atom. The summed E-state index contributed by atoms with van der Waals surface area (Å²) in [6.07, 6.45) is 3.53. The highest BCUT2D eigenvalue weighted by molar-refractivity contribution is 7.09. The molecule has 0 bridgehead atoms. The maximum Gasteiger partial charge on any atom is 0.308 e. The molecule has 3 rings (SSSR count). The highest BCUT2D eigenvalue weighted by atomic mass is 32.1.